The zero-order valence-electron chi connectivity index (χ0n) is 16.7. The van der Waals surface area contributed by atoms with Crippen molar-refractivity contribution in [3.05, 3.63) is 114 Å². The van der Waals surface area contributed by atoms with Crippen LogP contribution in [0.3, 0.4) is 0 Å². The summed E-state index contributed by atoms with van der Waals surface area (Å²) >= 11 is 1.82. The Bertz CT molecular complexity index is 1400. The minimum atomic E-state index is 0.0404. The van der Waals surface area contributed by atoms with E-state index in [0.29, 0.717) is 5.69 Å². The Morgan fingerprint density at radius 3 is 2.74 bits per heavy atom. The van der Waals surface area contributed by atoms with Gasteiger partial charge in [0.25, 0.3) is 0 Å². The molecule has 1 aliphatic heterocycles. The van der Waals surface area contributed by atoms with Gasteiger partial charge in [-0.3, -0.25) is 9.78 Å². The summed E-state index contributed by atoms with van der Waals surface area (Å²) in [7, 11) is 0. The Labute approximate surface area is 184 Å². The quantitative estimate of drug-likeness (QED) is 0.359. The van der Waals surface area contributed by atoms with Crippen molar-refractivity contribution in [2.45, 2.75) is 11.1 Å². The molecule has 0 bridgehead atoms. The van der Waals surface area contributed by atoms with Crippen molar-refractivity contribution < 1.29 is 4.79 Å². The monoisotopic (exact) mass is 421 g/mol. The first-order valence-corrected chi connectivity index (χ1v) is 11.3. The van der Waals surface area contributed by atoms with E-state index in [-0.39, 0.29) is 11.2 Å². The van der Waals surface area contributed by atoms with E-state index in [9.17, 15) is 4.79 Å². The van der Waals surface area contributed by atoms with E-state index >= 15 is 0 Å². The molecule has 1 N–H and O–H groups in total. The molecule has 0 fully saturated rings. The average Bonchev–Trinajstić information content (AvgIpc) is 3.54. The fourth-order valence-electron chi connectivity index (χ4n) is 4.28. The van der Waals surface area contributed by atoms with Crippen LogP contribution >= 0.6 is 11.8 Å². The molecule has 0 spiro atoms. The Morgan fingerprint density at radius 1 is 1.00 bits per heavy atom. The van der Waals surface area contributed by atoms with Gasteiger partial charge in [0.2, 0.25) is 5.78 Å². The number of H-pyrrole nitrogens is 1. The second kappa shape index (κ2) is 7.29. The minimum Gasteiger partial charge on any atom is -0.352 e. The number of fused-ring (bicyclic) bond motifs is 2. The molecule has 0 saturated carbocycles. The van der Waals surface area contributed by atoms with Crippen molar-refractivity contribution in [1.29, 1.82) is 0 Å². The molecule has 0 saturated heterocycles. The number of carbonyl (C=O) groups is 1. The number of ketones is 1. The third-order valence-electron chi connectivity index (χ3n) is 5.84. The highest BCUT2D eigenvalue weighted by Crippen LogP contribution is 2.42. The molecule has 0 radical (unpaired) electrons. The molecular weight excluding hydrogens is 402 g/mol. The number of nitrogens with zero attached hydrogens (tertiary/aromatic N) is 2. The molecule has 0 aliphatic carbocycles. The molecule has 3 aromatic heterocycles. The Kier molecular flexibility index (Phi) is 4.28. The van der Waals surface area contributed by atoms with Crippen molar-refractivity contribution in [2.75, 3.05) is 0 Å². The predicted molar refractivity (Wildman–Crippen MR) is 125 cm³/mol. The van der Waals surface area contributed by atoms with Gasteiger partial charge in [0, 0.05) is 52.1 Å². The molecule has 150 valence electrons. The maximum Gasteiger partial charge on any atom is 0.211 e. The molecule has 4 heterocycles. The van der Waals surface area contributed by atoms with Crippen LogP contribution in [0.15, 0.2) is 91.4 Å². The molecule has 1 atom stereocenters. The third-order valence-corrected chi connectivity index (χ3v) is 7.10. The first kappa shape index (κ1) is 18.2. The summed E-state index contributed by atoms with van der Waals surface area (Å²) in [6, 6.07) is 24.5. The fraction of sp³-hybridized carbons (Fsp3) is 0.0769. The molecule has 4 nitrogen and oxygen atoms in total. The maximum atomic E-state index is 13.4. The van der Waals surface area contributed by atoms with E-state index in [2.05, 4.69) is 50.9 Å². The fourth-order valence-corrected chi connectivity index (χ4v) is 5.59. The largest absolute Gasteiger partial charge is 0.352 e. The molecule has 0 amide bonds. The lowest BCUT2D eigenvalue weighted by molar-refractivity contribution is 0.103. The van der Waals surface area contributed by atoms with E-state index in [0.717, 1.165) is 44.6 Å². The lowest BCUT2D eigenvalue weighted by atomic mass is 10.0. The topological polar surface area (TPSA) is 50.7 Å². The van der Waals surface area contributed by atoms with E-state index in [1.165, 1.54) is 0 Å². The SMILES string of the molecule is O=C(c1cc2ccc(-c3ccccc3)cc2[nH]1)c1ccn2c1CSC2c1cccnc1. The van der Waals surface area contributed by atoms with Crippen LogP contribution in [0, 0.1) is 0 Å². The molecule has 1 aliphatic rings. The number of nitrogens with one attached hydrogen (secondary N) is 1. The second-order valence-corrected chi connectivity index (χ2v) is 8.78. The number of pyridine rings is 1. The van der Waals surface area contributed by atoms with Gasteiger partial charge in [-0.05, 0) is 35.4 Å². The van der Waals surface area contributed by atoms with Crippen molar-refractivity contribution >= 4 is 28.4 Å². The van der Waals surface area contributed by atoms with Gasteiger partial charge in [0.15, 0.2) is 0 Å². The van der Waals surface area contributed by atoms with E-state index in [4.69, 9.17) is 0 Å². The van der Waals surface area contributed by atoms with Gasteiger partial charge in [-0.25, -0.2) is 0 Å². The first-order valence-electron chi connectivity index (χ1n) is 10.2. The van der Waals surface area contributed by atoms with Gasteiger partial charge < -0.3 is 9.55 Å². The summed E-state index contributed by atoms with van der Waals surface area (Å²) in [6.07, 6.45) is 5.71. The van der Waals surface area contributed by atoms with Crippen LogP contribution in [0.5, 0.6) is 0 Å². The van der Waals surface area contributed by atoms with Crippen LogP contribution in [0.4, 0.5) is 0 Å². The summed E-state index contributed by atoms with van der Waals surface area (Å²) in [4.78, 5) is 21.0. The van der Waals surface area contributed by atoms with Crippen LogP contribution in [0.1, 0.15) is 32.7 Å². The normalized spacial score (nSPS) is 15.3. The number of aromatic amines is 1. The van der Waals surface area contributed by atoms with Crippen LogP contribution in [-0.4, -0.2) is 20.3 Å². The highest BCUT2D eigenvalue weighted by atomic mass is 32.2. The van der Waals surface area contributed by atoms with Crippen LogP contribution in [-0.2, 0) is 5.75 Å². The average molecular weight is 422 g/mol. The molecule has 31 heavy (non-hydrogen) atoms. The van der Waals surface area contributed by atoms with E-state index < -0.39 is 0 Å². The van der Waals surface area contributed by atoms with Gasteiger partial charge in [0.05, 0.1) is 5.69 Å². The molecule has 1 unspecified atom stereocenters. The lowest BCUT2D eigenvalue weighted by Crippen LogP contribution is -2.05. The van der Waals surface area contributed by atoms with Crippen molar-refractivity contribution in [2.24, 2.45) is 0 Å². The summed E-state index contributed by atoms with van der Waals surface area (Å²) in [5.41, 5.74) is 6.90. The molecular formula is C26H19N3OS. The van der Waals surface area contributed by atoms with Crippen molar-refractivity contribution in [1.82, 2.24) is 14.5 Å². The zero-order chi connectivity index (χ0) is 20.8. The van der Waals surface area contributed by atoms with Crippen LogP contribution in [0.2, 0.25) is 0 Å². The zero-order valence-corrected chi connectivity index (χ0v) is 17.5. The number of carbonyl (C=O) groups excluding carboxylic acids is 1. The van der Waals surface area contributed by atoms with Gasteiger partial charge in [-0.2, -0.15) is 0 Å². The van der Waals surface area contributed by atoms with E-state index in [1.807, 2.05) is 60.6 Å². The van der Waals surface area contributed by atoms with Crippen molar-refractivity contribution in [3.63, 3.8) is 0 Å². The van der Waals surface area contributed by atoms with Gasteiger partial charge in [-0.1, -0.05) is 48.5 Å². The number of hydrogen-bond donors (Lipinski definition) is 1. The Hall–Kier alpha value is -3.57. The first-order chi connectivity index (χ1) is 15.3. The second-order valence-electron chi connectivity index (χ2n) is 7.71. The van der Waals surface area contributed by atoms with Crippen molar-refractivity contribution in [3.8, 4) is 11.1 Å². The van der Waals surface area contributed by atoms with Gasteiger partial charge in [0.1, 0.15) is 5.37 Å². The summed E-state index contributed by atoms with van der Waals surface area (Å²) < 4.78 is 2.20. The summed E-state index contributed by atoms with van der Waals surface area (Å²) in [5, 5.41) is 1.21. The summed E-state index contributed by atoms with van der Waals surface area (Å²) in [5.74, 6) is 0.852. The highest BCUT2D eigenvalue weighted by molar-refractivity contribution is 7.99. The number of benzene rings is 2. The number of aromatic nitrogens is 3. The Balaban J connectivity index is 1.34. The van der Waals surface area contributed by atoms with Crippen LogP contribution in [0.25, 0.3) is 22.0 Å². The number of hydrogen-bond acceptors (Lipinski definition) is 3. The Morgan fingerprint density at radius 2 is 1.90 bits per heavy atom. The minimum absolute atomic E-state index is 0.0404. The smallest absolute Gasteiger partial charge is 0.211 e. The molecule has 5 heteroatoms. The number of thioether (sulfide) groups is 1. The predicted octanol–water partition coefficient (Wildman–Crippen LogP) is 6.06. The molecule has 6 rings (SSSR count). The molecule has 2 aromatic carbocycles. The van der Waals surface area contributed by atoms with Gasteiger partial charge in [-0.15, -0.1) is 11.8 Å². The molecule has 5 aromatic rings. The third kappa shape index (κ3) is 3.09. The lowest BCUT2D eigenvalue weighted by Gasteiger charge is -2.11. The van der Waals surface area contributed by atoms with Gasteiger partial charge >= 0.3 is 0 Å². The van der Waals surface area contributed by atoms with Crippen LogP contribution < -0.4 is 0 Å². The standard InChI is InChI=1S/C26H19N3OS/c30-25(21-10-12-29-24(21)16-31-26(29)20-7-4-11-27-15-20)23-14-19-9-8-18(13-22(19)28-23)17-5-2-1-3-6-17/h1-15,26,28H,16H2. The van der Waals surface area contributed by atoms with E-state index in [1.54, 1.807) is 6.20 Å². The maximum absolute atomic E-state index is 13.4. The summed E-state index contributed by atoms with van der Waals surface area (Å²) in [6.45, 7) is 0. The number of rotatable bonds is 4. The highest BCUT2D eigenvalue weighted by Gasteiger charge is 2.29.